The van der Waals surface area contributed by atoms with Crippen LogP contribution in [0.4, 0.5) is 13.2 Å². The van der Waals surface area contributed by atoms with Crippen molar-refractivity contribution in [3.63, 3.8) is 0 Å². The molecule has 0 fully saturated rings. The van der Waals surface area contributed by atoms with Crippen molar-refractivity contribution in [1.82, 2.24) is 15.5 Å². The average molecular weight is 366 g/mol. The smallest absolute Gasteiger partial charge is 0.404 e. The van der Waals surface area contributed by atoms with E-state index < -0.39 is 17.9 Å². The van der Waals surface area contributed by atoms with E-state index in [1.807, 2.05) is 6.08 Å². The van der Waals surface area contributed by atoms with Gasteiger partial charge in [0.25, 0.3) is 0 Å². The van der Waals surface area contributed by atoms with E-state index in [1.54, 1.807) is 18.2 Å². The van der Waals surface area contributed by atoms with Crippen molar-refractivity contribution in [2.45, 2.75) is 38.4 Å². The Morgan fingerprint density at radius 3 is 2.77 bits per heavy atom. The average Bonchev–Trinajstić information content (AvgIpc) is 3.10. The van der Waals surface area contributed by atoms with Crippen LogP contribution in [0.2, 0.25) is 0 Å². The molecule has 1 heterocycles. The molecule has 1 aromatic heterocycles. The van der Waals surface area contributed by atoms with Gasteiger partial charge in [0.05, 0.1) is 6.04 Å². The molecule has 26 heavy (non-hydrogen) atoms. The number of H-pyrrole nitrogens is 1. The highest BCUT2D eigenvalue weighted by molar-refractivity contribution is 5.43. The van der Waals surface area contributed by atoms with Gasteiger partial charge in [-0.3, -0.25) is 5.10 Å². The van der Waals surface area contributed by atoms with E-state index in [-0.39, 0.29) is 5.56 Å². The lowest BCUT2D eigenvalue weighted by Crippen LogP contribution is -2.18. The number of hydrogen-bond acceptors (Lipinski definition) is 3. The van der Waals surface area contributed by atoms with Gasteiger partial charge in [0, 0.05) is 18.0 Å². The van der Waals surface area contributed by atoms with Crippen LogP contribution in [0, 0.1) is 0 Å². The van der Waals surface area contributed by atoms with Gasteiger partial charge in [0.15, 0.2) is 5.69 Å². The van der Waals surface area contributed by atoms with Crippen molar-refractivity contribution in [1.29, 1.82) is 0 Å². The molecule has 0 radical (unpaired) electrons. The van der Waals surface area contributed by atoms with Gasteiger partial charge in [0.1, 0.15) is 0 Å². The first-order chi connectivity index (χ1) is 12.3. The van der Waals surface area contributed by atoms with Crippen molar-refractivity contribution in [3.8, 4) is 0 Å². The number of halogens is 3. The van der Waals surface area contributed by atoms with E-state index >= 15 is 0 Å². The maximum absolute atomic E-state index is 13.1. The number of allylic oxidation sites excluding steroid dienone is 5. The molecule has 142 valence electrons. The summed E-state index contributed by atoms with van der Waals surface area (Å²) in [6.45, 7) is 9.45. The Labute approximate surface area is 152 Å². The minimum Gasteiger partial charge on any atom is -0.404 e. The second kappa shape index (κ2) is 10.3. The zero-order valence-corrected chi connectivity index (χ0v) is 14.8. The third kappa shape index (κ3) is 6.31. The number of alkyl halides is 3. The summed E-state index contributed by atoms with van der Waals surface area (Å²) in [5, 5.41) is 8.60. The quantitative estimate of drug-likeness (QED) is 0.313. The normalized spacial score (nSPS) is 14.1. The van der Waals surface area contributed by atoms with Crippen molar-refractivity contribution >= 4 is 0 Å². The van der Waals surface area contributed by atoms with Gasteiger partial charge in [-0.25, -0.2) is 0 Å². The van der Waals surface area contributed by atoms with E-state index in [0.29, 0.717) is 11.1 Å². The molecule has 0 amide bonds. The number of aromatic nitrogens is 2. The molecular formula is C19H25F3N4. The fraction of sp³-hybridized carbons (Fsp3) is 0.316. The summed E-state index contributed by atoms with van der Waals surface area (Å²) in [6, 6.07) is -0.686. The molecule has 0 saturated carbocycles. The van der Waals surface area contributed by atoms with Crippen LogP contribution in [0.3, 0.4) is 0 Å². The van der Waals surface area contributed by atoms with Gasteiger partial charge < -0.3 is 11.1 Å². The summed E-state index contributed by atoms with van der Waals surface area (Å²) in [5.41, 5.74) is 5.84. The Morgan fingerprint density at radius 1 is 1.46 bits per heavy atom. The second-order valence-electron chi connectivity index (χ2n) is 5.59. The van der Waals surface area contributed by atoms with Gasteiger partial charge in [-0.2, -0.15) is 18.3 Å². The largest absolute Gasteiger partial charge is 0.435 e. The lowest BCUT2D eigenvalue weighted by atomic mass is 10.1. The molecule has 1 atom stereocenters. The number of nitrogens with zero attached hydrogens (tertiary/aromatic N) is 1. The van der Waals surface area contributed by atoms with Crippen LogP contribution in [-0.4, -0.2) is 10.2 Å². The fourth-order valence-electron chi connectivity index (χ4n) is 2.20. The third-order valence-corrected chi connectivity index (χ3v) is 3.66. The number of hydrogen-bond donors (Lipinski definition) is 3. The Hall–Kier alpha value is -2.70. The van der Waals surface area contributed by atoms with Gasteiger partial charge in [-0.05, 0) is 29.8 Å². The van der Waals surface area contributed by atoms with E-state index in [0.717, 1.165) is 19.3 Å². The molecule has 0 aliphatic carbocycles. The number of nitrogens with two attached hydrogens (primary N) is 1. The Bertz CT molecular complexity index is 681. The highest BCUT2D eigenvalue weighted by Crippen LogP contribution is 2.33. The summed E-state index contributed by atoms with van der Waals surface area (Å²) < 4.78 is 39.4. The van der Waals surface area contributed by atoms with Crippen LogP contribution in [-0.2, 0) is 6.18 Å². The SMILES string of the molecule is C=CC(=C)C(=C\N)/C=C/NC(/C=C/CCCC)c1c[nH]nc1C(F)(F)F. The second-order valence-corrected chi connectivity index (χ2v) is 5.59. The number of rotatable bonds is 10. The highest BCUT2D eigenvalue weighted by atomic mass is 19.4. The molecular weight excluding hydrogens is 341 g/mol. The van der Waals surface area contributed by atoms with Crippen molar-refractivity contribution < 1.29 is 13.2 Å². The molecule has 7 heteroatoms. The van der Waals surface area contributed by atoms with E-state index in [1.165, 1.54) is 18.6 Å². The predicted octanol–water partition coefficient (Wildman–Crippen LogP) is 4.90. The topological polar surface area (TPSA) is 66.7 Å². The molecule has 1 rings (SSSR count). The first kappa shape index (κ1) is 21.3. The summed E-state index contributed by atoms with van der Waals surface area (Å²) in [5.74, 6) is 0. The Morgan fingerprint density at radius 2 is 2.19 bits per heavy atom. The zero-order chi connectivity index (χ0) is 19.6. The molecule has 0 aromatic carbocycles. The monoisotopic (exact) mass is 366 g/mol. The summed E-state index contributed by atoms with van der Waals surface area (Å²) in [7, 11) is 0. The lowest BCUT2D eigenvalue weighted by Gasteiger charge is -2.15. The summed E-state index contributed by atoms with van der Waals surface area (Å²) in [6.07, 6.45) is 9.12. The maximum Gasteiger partial charge on any atom is 0.435 e. The summed E-state index contributed by atoms with van der Waals surface area (Å²) >= 11 is 0. The van der Waals surface area contributed by atoms with Crippen LogP contribution < -0.4 is 11.1 Å². The van der Waals surface area contributed by atoms with Gasteiger partial charge in [-0.15, -0.1) is 0 Å². The molecule has 0 saturated heterocycles. The van der Waals surface area contributed by atoms with Gasteiger partial charge in [-0.1, -0.05) is 51.2 Å². The van der Waals surface area contributed by atoms with Gasteiger partial charge >= 0.3 is 6.18 Å². The molecule has 0 spiro atoms. The first-order valence-electron chi connectivity index (χ1n) is 8.28. The number of aromatic amines is 1. The fourth-order valence-corrected chi connectivity index (χ4v) is 2.20. The molecule has 4 nitrogen and oxygen atoms in total. The highest BCUT2D eigenvalue weighted by Gasteiger charge is 2.37. The standard InChI is InChI=1S/C19H25F3N4/c1-4-6-7-8-9-17(16-13-25-26-18(16)19(20,21)22)24-11-10-15(12-23)14(3)5-2/h5,8-13,17,24H,2-4,6-7,23H2,1H3,(H,25,26)/b9-8+,11-10+,15-12-. The van der Waals surface area contributed by atoms with Crippen LogP contribution in [0.25, 0.3) is 0 Å². The van der Waals surface area contributed by atoms with Crippen molar-refractivity contribution in [2.75, 3.05) is 0 Å². The van der Waals surface area contributed by atoms with Crippen LogP contribution >= 0.6 is 0 Å². The molecule has 0 bridgehead atoms. The lowest BCUT2D eigenvalue weighted by molar-refractivity contribution is -0.141. The number of unbranched alkanes of at least 4 members (excludes halogenated alkanes) is 2. The third-order valence-electron chi connectivity index (χ3n) is 3.66. The Kier molecular flexibility index (Phi) is 8.48. The molecule has 0 aliphatic rings. The minimum atomic E-state index is -4.53. The van der Waals surface area contributed by atoms with Crippen LogP contribution in [0.15, 0.2) is 67.2 Å². The molecule has 1 unspecified atom stereocenters. The zero-order valence-electron chi connectivity index (χ0n) is 14.8. The maximum atomic E-state index is 13.1. The van der Waals surface area contributed by atoms with Crippen molar-refractivity contribution in [3.05, 3.63) is 78.5 Å². The van der Waals surface area contributed by atoms with E-state index in [4.69, 9.17) is 5.73 Å². The van der Waals surface area contributed by atoms with E-state index in [9.17, 15) is 13.2 Å². The van der Waals surface area contributed by atoms with Gasteiger partial charge in [0.2, 0.25) is 0 Å². The first-order valence-corrected chi connectivity index (χ1v) is 8.28. The van der Waals surface area contributed by atoms with Crippen LogP contribution in [0.1, 0.15) is 43.5 Å². The van der Waals surface area contributed by atoms with Crippen molar-refractivity contribution in [2.24, 2.45) is 5.73 Å². The summed E-state index contributed by atoms with van der Waals surface area (Å²) in [4.78, 5) is 0. The minimum absolute atomic E-state index is 0.0238. The van der Waals surface area contributed by atoms with E-state index in [2.05, 4.69) is 35.6 Å². The number of nitrogens with one attached hydrogen (secondary N) is 2. The van der Waals surface area contributed by atoms with Crippen LogP contribution in [0.5, 0.6) is 0 Å². The molecule has 1 aromatic rings. The molecule has 0 aliphatic heterocycles. The predicted molar refractivity (Wildman–Crippen MR) is 98.9 cm³/mol. The molecule has 4 N–H and O–H groups in total. The Balaban J connectivity index is 3.04.